The number of thiazole rings is 1. The molecule has 13 heteroatoms. The quantitative estimate of drug-likeness (QED) is 0.153. The summed E-state index contributed by atoms with van der Waals surface area (Å²) >= 11 is 1.36. The molecule has 0 aliphatic carbocycles. The molecule has 1 atom stereocenters. The van der Waals surface area contributed by atoms with Crippen molar-refractivity contribution >= 4 is 17.4 Å². The Balaban J connectivity index is 1.14. The van der Waals surface area contributed by atoms with Gasteiger partial charge in [0, 0.05) is 23.2 Å². The van der Waals surface area contributed by atoms with Crippen LogP contribution in [0.3, 0.4) is 0 Å². The molecule has 1 N–H and O–H groups in total. The predicted octanol–water partition coefficient (Wildman–Crippen LogP) is 8.14. The molecule has 1 unspecified atom stereocenters. The molecule has 5 aromatic rings. The van der Waals surface area contributed by atoms with Gasteiger partial charge in [0.1, 0.15) is 17.9 Å². The van der Waals surface area contributed by atoms with E-state index in [0.29, 0.717) is 22.9 Å². The first-order chi connectivity index (χ1) is 22.4. The summed E-state index contributed by atoms with van der Waals surface area (Å²) in [6.45, 7) is 8.51. The van der Waals surface area contributed by atoms with Gasteiger partial charge in [-0.15, -0.1) is 29.6 Å². The first-order valence-electron chi connectivity index (χ1n) is 15.0. The number of benzene rings is 3. The number of aryl methyl sites for hydroxylation is 1. The number of nitrogens with zero attached hydrogens (tertiary/aromatic N) is 5. The zero-order valence-corrected chi connectivity index (χ0v) is 27.1. The van der Waals surface area contributed by atoms with Crippen LogP contribution < -0.4 is 14.9 Å². The summed E-state index contributed by atoms with van der Waals surface area (Å²) in [6, 6.07) is 17.5. The third-order valence-electron chi connectivity index (χ3n) is 7.46. The molecule has 0 fully saturated rings. The van der Waals surface area contributed by atoms with Gasteiger partial charge in [0.05, 0.1) is 11.4 Å². The van der Waals surface area contributed by atoms with Gasteiger partial charge in [-0.2, -0.15) is 4.99 Å². The monoisotopic (exact) mass is 666 g/mol. The molecule has 47 heavy (non-hydrogen) atoms. The van der Waals surface area contributed by atoms with Crippen LogP contribution in [0.1, 0.15) is 49.9 Å². The summed E-state index contributed by atoms with van der Waals surface area (Å²) in [7, 11) is 0. The zero-order chi connectivity index (χ0) is 33.7. The molecular weight excluding hydrogens is 632 g/mol. The van der Waals surface area contributed by atoms with Gasteiger partial charge in [0.2, 0.25) is 0 Å². The molecule has 0 aliphatic heterocycles. The van der Waals surface area contributed by atoms with Crippen molar-refractivity contribution in [1.82, 2.24) is 24.6 Å². The van der Waals surface area contributed by atoms with E-state index in [-0.39, 0.29) is 23.4 Å². The maximum atomic E-state index is 14.0. The largest absolute Gasteiger partial charge is 0.573 e. The van der Waals surface area contributed by atoms with E-state index in [2.05, 4.69) is 32.1 Å². The highest BCUT2D eigenvalue weighted by molar-refractivity contribution is 7.07. The highest BCUT2D eigenvalue weighted by Gasteiger charge is 2.31. The second-order valence-corrected chi connectivity index (χ2v) is 12.4. The van der Waals surface area contributed by atoms with Crippen molar-refractivity contribution in [1.29, 1.82) is 0 Å². The zero-order valence-electron chi connectivity index (χ0n) is 26.3. The molecule has 3 aromatic carbocycles. The summed E-state index contributed by atoms with van der Waals surface area (Å²) in [4.78, 5) is 21.9. The van der Waals surface area contributed by atoms with E-state index >= 15 is 0 Å². The maximum absolute atomic E-state index is 14.0. The lowest BCUT2D eigenvalue weighted by Gasteiger charge is -2.15. The summed E-state index contributed by atoms with van der Waals surface area (Å²) in [5.41, 5.74) is 5.02. The Labute approximate surface area is 273 Å². The van der Waals surface area contributed by atoms with Crippen molar-refractivity contribution in [3.8, 4) is 28.5 Å². The second kappa shape index (κ2) is 14.3. The minimum absolute atomic E-state index is 0.0895. The van der Waals surface area contributed by atoms with Crippen molar-refractivity contribution in [3.05, 3.63) is 106 Å². The minimum atomic E-state index is -4.75. The van der Waals surface area contributed by atoms with Crippen LogP contribution in [0.5, 0.6) is 5.75 Å². The van der Waals surface area contributed by atoms with Gasteiger partial charge in [-0.25, -0.2) is 18.9 Å². The van der Waals surface area contributed by atoms with Crippen LogP contribution in [0, 0.1) is 18.7 Å². The van der Waals surface area contributed by atoms with Gasteiger partial charge in [-0.3, -0.25) is 4.57 Å². The molecule has 0 saturated carbocycles. The number of rotatable bonds is 10. The molecule has 0 aliphatic rings. The first kappa shape index (κ1) is 33.6. The number of amides is 2. The summed E-state index contributed by atoms with van der Waals surface area (Å²) in [6.07, 6.45) is -1.71. The van der Waals surface area contributed by atoms with Gasteiger partial charge in [-0.05, 0) is 85.2 Å². The normalized spacial score (nSPS) is 12.8. The Morgan fingerprint density at radius 2 is 1.77 bits per heavy atom. The summed E-state index contributed by atoms with van der Waals surface area (Å²) in [5.74, 6) is 0.239. The molecule has 5 rings (SSSR count). The van der Waals surface area contributed by atoms with Crippen molar-refractivity contribution in [2.24, 2.45) is 10.9 Å². The van der Waals surface area contributed by atoms with Crippen LogP contribution in [0.4, 0.5) is 22.4 Å². The Kier molecular flexibility index (Phi) is 10.2. The maximum Gasteiger partial charge on any atom is 0.573 e. The number of alkyl halides is 3. The Morgan fingerprint density at radius 3 is 2.45 bits per heavy atom. The number of carbonyl (C=O) groups is 1. The highest BCUT2D eigenvalue weighted by atomic mass is 32.1. The number of aromatic nitrogens is 4. The fourth-order valence-electron chi connectivity index (χ4n) is 5.12. The topological polar surface area (TPSA) is 86.3 Å². The van der Waals surface area contributed by atoms with E-state index < -0.39 is 12.4 Å². The van der Waals surface area contributed by atoms with Crippen LogP contribution in [0.15, 0.2) is 83.4 Å². The van der Waals surface area contributed by atoms with Gasteiger partial charge in [0.25, 0.3) is 0 Å². The lowest BCUT2D eigenvalue weighted by molar-refractivity contribution is -0.274. The number of hydrogen-bond donors (Lipinski definition) is 1. The number of halogens is 4. The fraction of sp³-hybridized carbons (Fsp3) is 0.294. The van der Waals surface area contributed by atoms with E-state index in [1.165, 1.54) is 58.7 Å². The average molecular weight is 667 g/mol. The van der Waals surface area contributed by atoms with Crippen LogP contribution in [-0.2, 0) is 6.42 Å². The molecule has 246 valence electrons. The van der Waals surface area contributed by atoms with Gasteiger partial charge >= 0.3 is 12.4 Å². The van der Waals surface area contributed by atoms with Gasteiger partial charge < -0.3 is 10.1 Å². The number of urea groups is 1. The van der Waals surface area contributed by atoms with Crippen molar-refractivity contribution in [3.63, 3.8) is 0 Å². The first-order valence-corrected chi connectivity index (χ1v) is 15.9. The molecule has 0 spiro atoms. The average Bonchev–Trinajstić information content (AvgIpc) is 3.64. The van der Waals surface area contributed by atoms with E-state index in [9.17, 15) is 22.4 Å². The van der Waals surface area contributed by atoms with Crippen molar-refractivity contribution < 1.29 is 27.1 Å². The lowest BCUT2D eigenvalue weighted by atomic mass is 9.97. The molecule has 2 aromatic heterocycles. The van der Waals surface area contributed by atoms with Crippen LogP contribution in [0.2, 0.25) is 0 Å². The minimum Gasteiger partial charge on any atom is -0.406 e. The Bertz CT molecular complexity index is 1890. The SMILES string of the molecule is Cc1csc(=NC(=O)NCCC(C)Cc2ccc(-c3ncn(-c4ccc(OC(F)(F)F)cc4)n3)cc2)n1-c1ccc(F)cc1C(C)C. The molecular formula is C34H34F4N6O2S. The number of nitrogens with one attached hydrogen (secondary N) is 1. The third kappa shape index (κ3) is 8.73. The fourth-order valence-corrected chi connectivity index (χ4v) is 5.99. The van der Waals surface area contributed by atoms with Crippen LogP contribution in [-0.4, -0.2) is 38.3 Å². The molecule has 0 saturated heterocycles. The number of carbonyl (C=O) groups excluding carboxylic acids is 1. The standard InChI is InChI=1S/C34H34F4N6O2S/c1-21(2)29-18-26(35)9-14-30(29)44-23(4)19-47-33(44)41-32(45)39-16-15-22(3)17-24-5-7-25(8-6-24)31-40-20-43(42-31)27-10-12-28(13-11-27)46-34(36,37)38/h5-14,18-22H,15-17H2,1-4H3,(H,39,45). The molecule has 0 bridgehead atoms. The summed E-state index contributed by atoms with van der Waals surface area (Å²) in [5, 5.41) is 9.27. The predicted molar refractivity (Wildman–Crippen MR) is 172 cm³/mol. The van der Waals surface area contributed by atoms with Crippen molar-refractivity contribution in [2.45, 2.75) is 52.8 Å². The van der Waals surface area contributed by atoms with Crippen LogP contribution in [0.25, 0.3) is 22.8 Å². The van der Waals surface area contributed by atoms with Crippen LogP contribution >= 0.6 is 11.3 Å². The molecule has 0 radical (unpaired) electrons. The van der Waals surface area contributed by atoms with E-state index in [4.69, 9.17) is 0 Å². The number of ether oxygens (including phenoxy) is 1. The van der Waals surface area contributed by atoms with Gasteiger partial charge in [-0.1, -0.05) is 45.0 Å². The number of hydrogen-bond acceptors (Lipinski definition) is 5. The van der Waals surface area contributed by atoms with Crippen molar-refractivity contribution in [2.75, 3.05) is 6.54 Å². The Hall–Kier alpha value is -4.78. The molecule has 2 heterocycles. The van der Waals surface area contributed by atoms with Gasteiger partial charge in [0.15, 0.2) is 10.6 Å². The molecule has 2 amide bonds. The van der Waals surface area contributed by atoms with E-state index in [0.717, 1.165) is 40.9 Å². The Morgan fingerprint density at radius 1 is 1.04 bits per heavy atom. The third-order valence-corrected chi connectivity index (χ3v) is 8.41. The second-order valence-electron chi connectivity index (χ2n) is 11.5. The molecule has 8 nitrogen and oxygen atoms in total. The van der Waals surface area contributed by atoms with E-state index in [1.807, 2.05) is 55.0 Å². The highest BCUT2D eigenvalue weighted by Crippen LogP contribution is 2.26. The lowest BCUT2D eigenvalue weighted by Crippen LogP contribution is -2.26. The smallest absolute Gasteiger partial charge is 0.406 e. The van der Waals surface area contributed by atoms with E-state index in [1.54, 1.807) is 6.07 Å². The summed E-state index contributed by atoms with van der Waals surface area (Å²) < 4.78 is 58.5.